The summed E-state index contributed by atoms with van der Waals surface area (Å²) in [5.74, 6) is 1.54. The first-order valence-electron chi connectivity index (χ1n) is 6.35. The Morgan fingerprint density at radius 2 is 1.75 bits per heavy atom. The lowest BCUT2D eigenvalue weighted by Crippen LogP contribution is -2.02. The lowest BCUT2D eigenvalue weighted by Gasteiger charge is -2.12. The van der Waals surface area contributed by atoms with E-state index < -0.39 is 0 Å². The van der Waals surface area contributed by atoms with Gasteiger partial charge in [0.05, 0.1) is 19.2 Å². The highest BCUT2D eigenvalue weighted by molar-refractivity contribution is 6.32. The fourth-order valence-corrected chi connectivity index (χ4v) is 2.21. The Morgan fingerprint density at radius 3 is 2.45 bits per heavy atom. The molecule has 20 heavy (non-hydrogen) atoms. The molecule has 0 radical (unpaired) electrons. The quantitative estimate of drug-likeness (QED) is 0.892. The SMILES string of the molecule is COc1cc(NCc2cc(C)ccc2OC)ccc1Cl. The topological polar surface area (TPSA) is 30.5 Å². The van der Waals surface area contributed by atoms with Crippen LogP contribution in [-0.2, 0) is 6.54 Å². The molecule has 1 N–H and O–H groups in total. The van der Waals surface area contributed by atoms with Gasteiger partial charge in [0.2, 0.25) is 0 Å². The summed E-state index contributed by atoms with van der Waals surface area (Å²) in [6.07, 6.45) is 0. The molecule has 0 saturated heterocycles. The Morgan fingerprint density at radius 1 is 1.00 bits per heavy atom. The average Bonchev–Trinajstić information content (AvgIpc) is 2.46. The zero-order valence-electron chi connectivity index (χ0n) is 11.9. The minimum absolute atomic E-state index is 0.603. The zero-order valence-corrected chi connectivity index (χ0v) is 12.6. The maximum Gasteiger partial charge on any atom is 0.139 e. The smallest absolute Gasteiger partial charge is 0.139 e. The Kier molecular flexibility index (Phi) is 4.74. The van der Waals surface area contributed by atoms with Crippen LogP contribution in [0.1, 0.15) is 11.1 Å². The first-order chi connectivity index (χ1) is 9.63. The molecular formula is C16H18ClNO2. The van der Waals surface area contributed by atoms with Crippen molar-refractivity contribution in [2.75, 3.05) is 19.5 Å². The first-order valence-corrected chi connectivity index (χ1v) is 6.72. The highest BCUT2D eigenvalue weighted by Gasteiger charge is 2.05. The van der Waals surface area contributed by atoms with Gasteiger partial charge in [-0.25, -0.2) is 0 Å². The van der Waals surface area contributed by atoms with Gasteiger partial charge in [-0.3, -0.25) is 0 Å². The molecule has 0 fully saturated rings. The van der Waals surface area contributed by atoms with E-state index >= 15 is 0 Å². The number of anilines is 1. The van der Waals surface area contributed by atoms with Crippen LogP contribution >= 0.6 is 11.6 Å². The fourth-order valence-electron chi connectivity index (χ4n) is 2.01. The molecule has 0 amide bonds. The molecule has 0 heterocycles. The third-order valence-corrected chi connectivity index (χ3v) is 3.38. The van der Waals surface area contributed by atoms with Crippen LogP contribution in [0, 0.1) is 6.92 Å². The van der Waals surface area contributed by atoms with Crippen molar-refractivity contribution < 1.29 is 9.47 Å². The summed E-state index contributed by atoms with van der Waals surface area (Å²) in [6.45, 7) is 2.74. The van der Waals surface area contributed by atoms with Crippen molar-refractivity contribution in [3.05, 3.63) is 52.5 Å². The highest BCUT2D eigenvalue weighted by Crippen LogP contribution is 2.28. The van der Waals surface area contributed by atoms with E-state index in [0.29, 0.717) is 17.3 Å². The van der Waals surface area contributed by atoms with Gasteiger partial charge in [-0.15, -0.1) is 0 Å². The molecule has 0 aromatic heterocycles. The Labute approximate surface area is 124 Å². The number of halogens is 1. The Bertz CT molecular complexity index is 599. The standard InChI is InChI=1S/C16H18ClNO2/c1-11-4-7-15(19-2)12(8-11)10-18-13-5-6-14(17)16(9-13)20-3/h4-9,18H,10H2,1-3H3. The van der Waals surface area contributed by atoms with Gasteiger partial charge in [0.1, 0.15) is 11.5 Å². The molecule has 0 aliphatic heterocycles. The number of ether oxygens (including phenoxy) is 2. The van der Waals surface area contributed by atoms with Gasteiger partial charge >= 0.3 is 0 Å². The van der Waals surface area contributed by atoms with Crippen LogP contribution in [0.4, 0.5) is 5.69 Å². The number of benzene rings is 2. The van der Waals surface area contributed by atoms with E-state index in [0.717, 1.165) is 17.0 Å². The number of aryl methyl sites for hydroxylation is 1. The second-order valence-corrected chi connectivity index (χ2v) is 4.93. The van der Waals surface area contributed by atoms with Crippen molar-refractivity contribution in [3.8, 4) is 11.5 Å². The molecule has 0 aliphatic carbocycles. The molecule has 2 rings (SSSR count). The molecule has 3 nitrogen and oxygen atoms in total. The lowest BCUT2D eigenvalue weighted by molar-refractivity contribution is 0.410. The highest BCUT2D eigenvalue weighted by atomic mass is 35.5. The molecule has 2 aromatic rings. The molecule has 106 valence electrons. The third kappa shape index (κ3) is 3.36. The monoisotopic (exact) mass is 291 g/mol. The van der Waals surface area contributed by atoms with E-state index in [2.05, 4.69) is 18.3 Å². The minimum Gasteiger partial charge on any atom is -0.496 e. The second kappa shape index (κ2) is 6.53. The normalized spacial score (nSPS) is 10.2. The van der Waals surface area contributed by atoms with Crippen LogP contribution in [0.2, 0.25) is 5.02 Å². The van der Waals surface area contributed by atoms with Crippen molar-refractivity contribution in [2.24, 2.45) is 0 Å². The van der Waals surface area contributed by atoms with E-state index in [1.807, 2.05) is 30.3 Å². The first kappa shape index (κ1) is 14.5. The summed E-state index contributed by atoms with van der Waals surface area (Å²) in [4.78, 5) is 0. The van der Waals surface area contributed by atoms with Crippen LogP contribution in [0.5, 0.6) is 11.5 Å². The van der Waals surface area contributed by atoms with E-state index in [9.17, 15) is 0 Å². The van der Waals surface area contributed by atoms with Gasteiger partial charge in [0.25, 0.3) is 0 Å². The average molecular weight is 292 g/mol. The van der Waals surface area contributed by atoms with E-state index in [4.69, 9.17) is 21.1 Å². The molecule has 0 saturated carbocycles. The molecular weight excluding hydrogens is 274 g/mol. The number of nitrogens with one attached hydrogen (secondary N) is 1. The van der Waals surface area contributed by atoms with Gasteiger partial charge in [0.15, 0.2) is 0 Å². The van der Waals surface area contributed by atoms with Crippen LogP contribution in [0.3, 0.4) is 0 Å². The minimum atomic E-state index is 0.603. The summed E-state index contributed by atoms with van der Waals surface area (Å²) in [6, 6.07) is 11.7. The molecule has 0 aliphatic rings. The van der Waals surface area contributed by atoms with Crippen molar-refractivity contribution in [2.45, 2.75) is 13.5 Å². The summed E-state index contributed by atoms with van der Waals surface area (Å²) >= 11 is 6.01. The van der Waals surface area contributed by atoms with Gasteiger partial charge in [-0.05, 0) is 25.1 Å². The molecule has 0 spiro atoms. The van der Waals surface area contributed by atoms with Crippen molar-refractivity contribution >= 4 is 17.3 Å². The maximum atomic E-state index is 6.01. The van der Waals surface area contributed by atoms with Gasteiger partial charge < -0.3 is 14.8 Å². The molecule has 4 heteroatoms. The second-order valence-electron chi connectivity index (χ2n) is 4.52. The molecule has 0 unspecified atom stereocenters. The fraction of sp³-hybridized carbons (Fsp3) is 0.250. The number of hydrogen-bond donors (Lipinski definition) is 1. The van der Waals surface area contributed by atoms with Crippen LogP contribution in [-0.4, -0.2) is 14.2 Å². The summed E-state index contributed by atoms with van der Waals surface area (Å²) < 4.78 is 10.6. The third-order valence-electron chi connectivity index (χ3n) is 3.07. The van der Waals surface area contributed by atoms with Gasteiger partial charge in [-0.2, -0.15) is 0 Å². The van der Waals surface area contributed by atoms with Crippen molar-refractivity contribution in [1.82, 2.24) is 0 Å². The molecule has 0 bridgehead atoms. The van der Waals surface area contributed by atoms with Crippen LogP contribution < -0.4 is 14.8 Å². The maximum absolute atomic E-state index is 6.01. The predicted molar refractivity (Wildman–Crippen MR) is 83.1 cm³/mol. The van der Waals surface area contributed by atoms with Crippen LogP contribution in [0.25, 0.3) is 0 Å². The number of methoxy groups -OCH3 is 2. The van der Waals surface area contributed by atoms with Crippen molar-refractivity contribution in [3.63, 3.8) is 0 Å². The van der Waals surface area contributed by atoms with E-state index in [1.165, 1.54) is 5.56 Å². The summed E-state index contributed by atoms with van der Waals surface area (Å²) in [7, 11) is 3.29. The summed E-state index contributed by atoms with van der Waals surface area (Å²) in [5.41, 5.74) is 3.27. The largest absolute Gasteiger partial charge is 0.496 e. The Balaban J connectivity index is 2.14. The van der Waals surface area contributed by atoms with Crippen LogP contribution in [0.15, 0.2) is 36.4 Å². The van der Waals surface area contributed by atoms with Crippen molar-refractivity contribution in [1.29, 1.82) is 0 Å². The molecule has 2 aromatic carbocycles. The van der Waals surface area contributed by atoms with Gasteiger partial charge in [-0.1, -0.05) is 29.3 Å². The number of hydrogen-bond acceptors (Lipinski definition) is 3. The predicted octanol–water partition coefficient (Wildman–Crippen LogP) is 4.28. The van der Waals surface area contributed by atoms with E-state index in [1.54, 1.807) is 14.2 Å². The molecule has 0 atom stereocenters. The van der Waals surface area contributed by atoms with E-state index in [-0.39, 0.29) is 0 Å². The van der Waals surface area contributed by atoms with Gasteiger partial charge in [0, 0.05) is 23.9 Å². The summed E-state index contributed by atoms with van der Waals surface area (Å²) in [5, 5.41) is 3.95. The zero-order chi connectivity index (χ0) is 14.5. The lowest BCUT2D eigenvalue weighted by atomic mass is 10.1. The number of rotatable bonds is 5. The Hall–Kier alpha value is -1.87.